The van der Waals surface area contributed by atoms with Gasteiger partial charge in [0.1, 0.15) is 5.69 Å². The summed E-state index contributed by atoms with van der Waals surface area (Å²) in [5, 5.41) is 0. The Balaban J connectivity index is 2.37. The van der Waals surface area contributed by atoms with Gasteiger partial charge in [0, 0.05) is 44.0 Å². The van der Waals surface area contributed by atoms with E-state index in [1.807, 2.05) is 13.8 Å². The molecule has 7 heteroatoms. The van der Waals surface area contributed by atoms with Gasteiger partial charge in [-0.25, -0.2) is 4.79 Å². The molecule has 0 bridgehead atoms. The maximum atomic E-state index is 13.4. The summed E-state index contributed by atoms with van der Waals surface area (Å²) in [5.74, 6) is -0.528. The van der Waals surface area contributed by atoms with Gasteiger partial charge in [-0.05, 0) is 52.5 Å². The molecule has 0 N–H and O–H groups in total. The molecule has 1 atom stereocenters. The van der Waals surface area contributed by atoms with Crippen molar-refractivity contribution in [2.75, 3.05) is 27.4 Å². The summed E-state index contributed by atoms with van der Waals surface area (Å²) >= 11 is 0. The SMILES string of the molecule is CCn1c(C)c(C(=O)C(C)N(CCCOC)C(=O)C2CC2)c(C)c1C(=O)OC. The lowest BCUT2D eigenvalue weighted by Crippen LogP contribution is -2.45. The van der Waals surface area contributed by atoms with Crippen molar-refractivity contribution in [1.29, 1.82) is 0 Å². The average molecular weight is 392 g/mol. The molecular formula is C21H32N2O5. The highest BCUT2D eigenvalue weighted by atomic mass is 16.5. The minimum atomic E-state index is -0.597. The van der Waals surface area contributed by atoms with Crippen molar-refractivity contribution in [3.8, 4) is 0 Å². The summed E-state index contributed by atoms with van der Waals surface area (Å²) < 4.78 is 11.8. The zero-order valence-electron chi connectivity index (χ0n) is 17.8. The number of carbonyl (C=O) groups is 3. The molecule has 7 nitrogen and oxygen atoms in total. The molecule has 28 heavy (non-hydrogen) atoms. The number of nitrogens with zero attached hydrogens (tertiary/aromatic N) is 2. The molecule has 156 valence electrons. The smallest absolute Gasteiger partial charge is 0.354 e. The molecule has 0 spiro atoms. The van der Waals surface area contributed by atoms with E-state index in [0.29, 0.717) is 42.9 Å². The predicted molar refractivity (Wildman–Crippen MR) is 106 cm³/mol. The van der Waals surface area contributed by atoms with E-state index >= 15 is 0 Å². The second-order valence-corrected chi connectivity index (χ2v) is 7.36. The Morgan fingerprint density at radius 2 is 1.86 bits per heavy atom. The van der Waals surface area contributed by atoms with Crippen LogP contribution in [0.2, 0.25) is 0 Å². The second kappa shape index (κ2) is 9.37. The Morgan fingerprint density at radius 1 is 1.21 bits per heavy atom. The summed E-state index contributed by atoms with van der Waals surface area (Å²) in [7, 11) is 2.95. The fourth-order valence-electron chi connectivity index (χ4n) is 3.80. The number of carbonyl (C=O) groups excluding carboxylic acids is 3. The number of hydrogen-bond acceptors (Lipinski definition) is 5. The first kappa shape index (κ1) is 22.1. The van der Waals surface area contributed by atoms with Gasteiger partial charge < -0.3 is 18.9 Å². The van der Waals surface area contributed by atoms with E-state index in [1.54, 1.807) is 30.4 Å². The minimum Gasteiger partial charge on any atom is -0.464 e. The second-order valence-electron chi connectivity index (χ2n) is 7.36. The Kier molecular flexibility index (Phi) is 7.41. The van der Waals surface area contributed by atoms with Crippen LogP contribution in [0.25, 0.3) is 0 Å². The maximum absolute atomic E-state index is 13.4. The van der Waals surface area contributed by atoms with Gasteiger partial charge in [-0.2, -0.15) is 0 Å². The van der Waals surface area contributed by atoms with Gasteiger partial charge in [0.25, 0.3) is 0 Å². The van der Waals surface area contributed by atoms with Gasteiger partial charge in [-0.1, -0.05) is 0 Å². The molecule has 1 aromatic heterocycles. The largest absolute Gasteiger partial charge is 0.464 e. The van der Waals surface area contributed by atoms with Crippen LogP contribution in [0.3, 0.4) is 0 Å². The van der Waals surface area contributed by atoms with Crippen molar-refractivity contribution >= 4 is 17.7 Å². The van der Waals surface area contributed by atoms with Gasteiger partial charge >= 0.3 is 5.97 Å². The molecule has 0 aliphatic heterocycles. The third-order valence-corrected chi connectivity index (χ3v) is 5.51. The topological polar surface area (TPSA) is 77.8 Å². The molecular weight excluding hydrogens is 360 g/mol. The number of ether oxygens (including phenoxy) is 2. The van der Waals surface area contributed by atoms with Gasteiger partial charge in [0.15, 0.2) is 5.78 Å². The van der Waals surface area contributed by atoms with Crippen LogP contribution in [0.4, 0.5) is 0 Å². The summed E-state index contributed by atoms with van der Waals surface area (Å²) in [6.45, 7) is 8.86. The number of esters is 1. The lowest BCUT2D eigenvalue weighted by atomic mass is 9.99. The molecule has 0 aromatic carbocycles. The molecule has 0 radical (unpaired) electrons. The van der Waals surface area contributed by atoms with Crippen LogP contribution in [-0.2, 0) is 20.8 Å². The molecule has 1 unspecified atom stereocenters. The number of hydrogen-bond donors (Lipinski definition) is 0. The minimum absolute atomic E-state index is 0.0332. The van der Waals surface area contributed by atoms with Crippen molar-refractivity contribution in [2.45, 2.75) is 59.5 Å². The first-order valence-electron chi connectivity index (χ1n) is 9.91. The van der Waals surface area contributed by atoms with Crippen molar-refractivity contribution < 1.29 is 23.9 Å². The fourth-order valence-corrected chi connectivity index (χ4v) is 3.80. The quantitative estimate of drug-likeness (QED) is 0.348. The molecule has 2 rings (SSSR count). The highest BCUT2D eigenvalue weighted by Gasteiger charge is 2.38. The monoisotopic (exact) mass is 392 g/mol. The van der Waals surface area contributed by atoms with E-state index in [4.69, 9.17) is 9.47 Å². The van der Waals surface area contributed by atoms with E-state index in [-0.39, 0.29) is 17.6 Å². The third-order valence-electron chi connectivity index (χ3n) is 5.51. The number of aromatic nitrogens is 1. The van der Waals surface area contributed by atoms with Crippen LogP contribution in [0, 0.1) is 19.8 Å². The number of rotatable bonds is 10. The molecule has 1 saturated carbocycles. The normalized spacial score (nSPS) is 14.6. The molecule has 1 amide bonds. The molecule has 0 saturated heterocycles. The number of Topliss-reactive ketones (excluding diaryl/α,β-unsaturated/α-hetero) is 1. The van der Waals surface area contributed by atoms with Crippen LogP contribution in [0.15, 0.2) is 0 Å². The number of methoxy groups -OCH3 is 2. The average Bonchev–Trinajstić information content (AvgIpc) is 3.49. The zero-order chi connectivity index (χ0) is 21.0. The standard InChI is InChI=1S/C21H32N2O5/c1-7-22-14(3)17(13(2)18(22)21(26)28-6)19(24)15(4)23(11-8-12-27-5)20(25)16-9-10-16/h15-16H,7-12H2,1-6H3. The highest BCUT2D eigenvalue weighted by molar-refractivity contribution is 6.06. The Hall–Kier alpha value is -2.15. The van der Waals surface area contributed by atoms with Crippen molar-refractivity contribution in [1.82, 2.24) is 9.47 Å². The van der Waals surface area contributed by atoms with Crippen LogP contribution in [0.1, 0.15) is 65.2 Å². The maximum Gasteiger partial charge on any atom is 0.354 e. The molecule has 1 heterocycles. The van der Waals surface area contributed by atoms with E-state index < -0.39 is 12.0 Å². The molecule has 1 aliphatic carbocycles. The van der Waals surface area contributed by atoms with Gasteiger partial charge in [0.05, 0.1) is 13.2 Å². The van der Waals surface area contributed by atoms with Crippen molar-refractivity contribution in [2.24, 2.45) is 5.92 Å². The van der Waals surface area contributed by atoms with Gasteiger partial charge in [-0.15, -0.1) is 0 Å². The van der Waals surface area contributed by atoms with Crippen molar-refractivity contribution in [3.63, 3.8) is 0 Å². The molecule has 1 aliphatic rings. The van der Waals surface area contributed by atoms with Gasteiger partial charge in [-0.3, -0.25) is 9.59 Å². The first-order valence-corrected chi connectivity index (χ1v) is 9.91. The summed E-state index contributed by atoms with van der Waals surface area (Å²) in [5.41, 5.74) is 2.25. The fraction of sp³-hybridized carbons (Fsp3) is 0.667. The Bertz CT molecular complexity index is 748. The zero-order valence-corrected chi connectivity index (χ0v) is 17.8. The molecule has 1 fully saturated rings. The highest BCUT2D eigenvalue weighted by Crippen LogP contribution is 2.33. The van der Waals surface area contributed by atoms with E-state index in [0.717, 1.165) is 18.5 Å². The van der Waals surface area contributed by atoms with Crippen LogP contribution >= 0.6 is 0 Å². The lowest BCUT2D eigenvalue weighted by Gasteiger charge is -2.29. The summed E-state index contributed by atoms with van der Waals surface area (Å²) in [6, 6.07) is -0.597. The van der Waals surface area contributed by atoms with E-state index in [1.165, 1.54) is 7.11 Å². The predicted octanol–water partition coefficient (Wildman–Crippen LogP) is 2.76. The van der Waals surface area contributed by atoms with Crippen LogP contribution in [0.5, 0.6) is 0 Å². The third kappa shape index (κ3) is 4.29. The summed E-state index contributed by atoms with van der Waals surface area (Å²) in [4.78, 5) is 40.1. The van der Waals surface area contributed by atoms with Gasteiger partial charge in [0.2, 0.25) is 5.91 Å². The van der Waals surface area contributed by atoms with Crippen LogP contribution < -0.4 is 0 Å². The first-order chi connectivity index (χ1) is 13.3. The number of ketones is 1. The Labute approximate surface area is 167 Å². The van der Waals surface area contributed by atoms with Crippen molar-refractivity contribution in [3.05, 3.63) is 22.5 Å². The van der Waals surface area contributed by atoms with E-state index in [9.17, 15) is 14.4 Å². The molecule has 1 aromatic rings. The lowest BCUT2D eigenvalue weighted by molar-refractivity contribution is -0.134. The Morgan fingerprint density at radius 3 is 2.36 bits per heavy atom. The number of amides is 1. The van der Waals surface area contributed by atoms with Crippen LogP contribution in [-0.4, -0.2) is 60.5 Å². The summed E-state index contributed by atoms with van der Waals surface area (Å²) in [6.07, 6.45) is 2.45. The van der Waals surface area contributed by atoms with E-state index in [2.05, 4.69) is 0 Å².